The van der Waals surface area contributed by atoms with Crippen LogP contribution in [0.3, 0.4) is 0 Å². The number of pyridine rings is 1. The summed E-state index contributed by atoms with van der Waals surface area (Å²) in [7, 11) is 0. The Kier molecular flexibility index (Phi) is 3.30. The summed E-state index contributed by atoms with van der Waals surface area (Å²) >= 11 is 0. The molecule has 0 bridgehead atoms. The molecule has 8 nitrogen and oxygen atoms in total. The smallest absolute Gasteiger partial charge is 0.221 e. The summed E-state index contributed by atoms with van der Waals surface area (Å²) in [6.45, 7) is 0.326. The van der Waals surface area contributed by atoms with Crippen molar-refractivity contribution in [3.63, 3.8) is 0 Å². The van der Waals surface area contributed by atoms with Gasteiger partial charge in [-0.2, -0.15) is 0 Å². The standard InChI is InChI=1S/C16H14N4O4/c21-13-2-1-9(18-13)7-24-16-10-6-11-12(5-8(10)3-4-17-16)19-15(22)14(11)20-23/h3-6,9,19,22H,1-2,7H2,(H,18,21). The normalized spacial score (nSPS) is 17.3. The first-order valence-electron chi connectivity index (χ1n) is 7.54. The summed E-state index contributed by atoms with van der Waals surface area (Å²) in [6.07, 6.45) is 2.87. The molecule has 0 spiro atoms. The molecule has 1 aliphatic heterocycles. The SMILES string of the molecule is O=Nc1c(O)[nH]c2cc3ccnc(OCC4CCC(=O)N4)c3cc12. The van der Waals surface area contributed by atoms with Crippen molar-refractivity contribution in [2.24, 2.45) is 5.18 Å². The van der Waals surface area contributed by atoms with E-state index < -0.39 is 0 Å². The Morgan fingerprint density at radius 1 is 1.38 bits per heavy atom. The lowest BCUT2D eigenvalue weighted by molar-refractivity contribution is -0.119. The quantitative estimate of drug-likeness (QED) is 0.637. The number of hydrogen-bond acceptors (Lipinski definition) is 6. The maximum Gasteiger partial charge on any atom is 0.221 e. The number of amides is 1. The molecule has 3 aromatic rings. The molecule has 1 aromatic carbocycles. The summed E-state index contributed by atoms with van der Waals surface area (Å²) in [5.41, 5.74) is 0.569. The summed E-state index contributed by atoms with van der Waals surface area (Å²) in [6, 6.07) is 5.30. The van der Waals surface area contributed by atoms with Gasteiger partial charge in [0.2, 0.25) is 17.7 Å². The molecule has 4 rings (SSSR count). The fourth-order valence-electron chi connectivity index (χ4n) is 3.00. The first kappa shape index (κ1) is 14.4. The Hall–Kier alpha value is -3.16. The molecule has 2 aromatic heterocycles. The van der Waals surface area contributed by atoms with Crippen molar-refractivity contribution in [1.82, 2.24) is 15.3 Å². The van der Waals surface area contributed by atoms with Crippen LogP contribution in [-0.2, 0) is 4.79 Å². The van der Waals surface area contributed by atoms with Crippen LogP contribution in [0.5, 0.6) is 11.8 Å². The molecule has 1 unspecified atom stereocenters. The first-order chi connectivity index (χ1) is 11.7. The van der Waals surface area contributed by atoms with Gasteiger partial charge >= 0.3 is 0 Å². The molecule has 24 heavy (non-hydrogen) atoms. The van der Waals surface area contributed by atoms with Gasteiger partial charge in [0.15, 0.2) is 5.69 Å². The number of hydrogen-bond donors (Lipinski definition) is 3. The van der Waals surface area contributed by atoms with Crippen molar-refractivity contribution in [3.05, 3.63) is 29.3 Å². The Balaban J connectivity index is 1.73. The van der Waals surface area contributed by atoms with Gasteiger partial charge in [-0.25, -0.2) is 4.98 Å². The van der Waals surface area contributed by atoms with Gasteiger partial charge in [-0.15, -0.1) is 4.91 Å². The van der Waals surface area contributed by atoms with Crippen molar-refractivity contribution in [3.8, 4) is 11.8 Å². The highest BCUT2D eigenvalue weighted by molar-refractivity contribution is 6.04. The number of aromatic hydroxyl groups is 1. The second kappa shape index (κ2) is 5.48. The number of nitroso groups, excluding NO2 is 1. The van der Waals surface area contributed by atoms with Gasteiger partial charge in [0.1, 0.15) is 6.61 Å². The van der Waals surface area contributed by atoms with Gasteiger partial charge in [0.05, 0.1) is 11.6 Å². The number of nitrogens with zero attached hydrogens (tertiary/aromatic N) is 2. The van der Waals surface area contributed by atoms with Gasteiger partial charge in [0.25, 0.3) is 0 Å². The van der Waals surface area contributed by atoms with Crippen LogP contribution < -0.4 is 10.1 Å². The number of aromatic amines is 1. The molecule has 3 N–H and O–H groups in total. The number of H-pyrrole nitrogens is 1. The molecule has 0 radical (unpaired) electrons. The molecule has 1 fully saturated rings. The van der Waals surface area contributed by atoms with E-state index in [0.29, 0.717) is 35.2 Å². The van der Waals surface area contributed by atoms with Gasteiger partial charge in [-0.05, 0) is 35.2 Å². The highest BCUT2D eigenvalue weighted by atomic mass is 16.5. The van der Waals surface area contributed by atoms with Gasteiger partial charge < -0.3 is 20.1 Å². The van der Waals surface area contributed by atoms with E-state index in [1.807, 2.05) is 6.07 Å². The van der Waals surface area contributed by atoms with Crippen LogP contribution in [-0.4, -0.2) is 33.6 Å². The van der Waals surface area contributed by atoms with E-state index in [1.165, 1.54) is 0 Å². The zero-order valence-electron chi connectivity index (χ0n) is 12.6. The monoisotopic (exact) mass is 326 g/mol. The van der Waals surface area contributed by atoms with Crippen molar-refractivity contribution in [1.29, 1.82) is 0 Å². The fraction of sp³-hybridized carbons (Fsp3) is 0.250. The predicted molar refractivity (Wildman–Crippen MR) is 87.4 cm³/mol. The summed E-state index contributed by atoms with van der Waals surface area (Å²) in [5.74, 6) is 0.174. The molecule has 1 atom stereocenters. The molecule has 1 amide bonds. The first-order valence-corrected chi connectivity index (χ1v) is 7.54. The van der Waals surface area contributed by atoms with Crippen LogP contribution in [0.2, 0.25) is 0 Å². The third kappa shape index (κ3) is 2.32. The number of fused-ring (bicyclic) bond motifs is 2. The van der Waals surface area contributed by atoms with Crippen LogP contribution in [0.4, 0.5) is 5.69 Å². The number of carbonyl (C=O) groups excluding carboxylic acids is 1. The molecule has 0 saturated carbocycles. The van der Waals surface area contributed by atoms with E-state index in [2.05, 4.69) is 20.5 Å². The minimum Gasteiger partial charge on any atom is -0.493 e. The number of carbonyl (C=O) groups is 1. The Bertz CT molecular complexity index is 966. The maximum absolute atomic E-state index is 11.2. The zero-order chi connectivity index (χ0) is 16.7. The molecular weight excluding hydrogens is 312 g/mol. The van der Waals surface area contributed by atoms with Gasteiger partial charge in [0, 0.05) is 23.4 Å². The van der Waals surface area contributed by atoms with Crippen LogP contribution in [0, 0.1) is 4.91 Å². The molecular formula is C16H14N4O4. The average molecular weight is 326 g/mol. The Morgan fingerprint density at radius 3 is 3.00 bits per heavy atom. The van der Waals surface area contributed by atoms with Crippen LogP contribution in [0.1, 0.15) is 12.8 Å². The zero-order valence-corrected chi connectivity index (χ0v) is 12.6. The van der Waals surface area contributed by atoms with Crippen LogP contribution >= 0.6 is 0 Å². The van der Waals surface area contributed by atoms with Gasteiger partial charge in [-0.3, -0.25) is 4.79 Å². The van der Waals surface area contributed by atoms with E-state index in [0.717, 1.165) is 11.8 Å². The molecule has 1 saturated heterocycles. The summed E-state index contributed by atoms with van der Waals surface area (Å²) in [5, 5.41) is 17.5. The average Bonchev–Trinajstić information content (AvgIpc) is 3.12. The highest BCUT2D eigenvalue weighted by Gasteiger charge is 2.22. The van der Waals surface area contributed by atoms with Crippen LogP contribution in [0.15, 0.2) is 29.6 Å². The van der Waals surface area contributed by atoms with E-state index in [-0.39, 0.29) is 23.5 Å². The minimum atomic E-state index is -0.264. The lowest BCUT2D eigenvalue weighted by atomic mass is 10.1. The topological polar surface area (TPSA) is 117 Å². The molecule has 122 valence electrons. The highest BCUT2D eigenvalue weighted by Crippen LogP contribution is 2.38. The second-order valence-electron chi connectivity index (χ2n) is 5.76. The second-order valence-corrected chi connectivity index (χ2v) is 5.76. The number of aromatic nitrogens is 2. The molecule has 1 aliphatic rings. The fourth-order valence-corrected chi connectivity index (χ4v) is 3.00. The number of nitrogens with one attached hydrogen (secondary N) is 2. The lowest BCUT2D eigenvalue weighted by Crippen LogP contribution is -2.31. The predicted octanol–water partition coefficient (Wildman–Crippen LogP) is 2.48. The van der Waals surface area contributed by atoms with Gasteiger partial charge in [-0.1, -0.05) is 0 Å². The van der Waals surface area contributed by atoms with Crippen molar-refractivity contribution < 1.29 is 14.6 Å². The third-order valence-electron chi connectivity index (χ3n) is 4.20. The number of ether oxygens (including phenoxy) is 1. The van der Waals surface area contributed by atoms with Crippen molar-refractivity contribution in [2.45, 2.75) is 18.9 Å². The van der Waals surface area contributed by atoms with E-state index in [9.17, 15) is 14.8 Å². The molecule has 8 heteroatoms. The van der Waals surface area contributed by atoms with Crippen molar-refractivity contribution in [2.75, 3.05) is 6.61 Å². The number of benzene rings is 1. The number of rotatable bonds is 4. The maximum atomic E-state index is 11.2. The van der Waals surface area contributed by atoms with E-state index in [1.54, 1.807) is 18.3 Å². The molecule has 3 heterocycles. The van der Waals surface area contributed by atoms with E-state index >= 15 is 0 Å². The largest absolute Gasteiger partial charge is 0.493 e. The van der Waals surface area contributed by atoms with E-state index in [4.69, 9.17) is 4.74 Å². The summed E-state index contributed by atoms with van der Waals surface area (Å²) < 4.78 is 5.77. The lowest BCUT2D eigenvalue weighted by Gasteiger charge is -2.12. The Labute approximate surface area is 135 Å². The Morgan fingerprint density at radius 2 is 2.25 bits per heavy atom. The third-order valence-corrected chi connectivity index (χ3v) is 4.20. The molecule has 0 aliphatic carbocycles. The summed E-state index contributed by atoms with van der Waals surface area (Å²) in [4.78, 5) is 29.1. The van der Waals surface area contributed by atoms with Crippen LogP contribution in [0.25, 0.3) is 21.7 Å². The van der Waals surface area contributed by atoms with Crippen molar-refractivity contribution >= 4 is 33.3 Å². The minimum absolute atomic E-state index is 0.0261.